The first-order chi connectivity index (χ1) is 5.52. The monoisotopic (exact) mass is 225 g/mol. The van der Waals surface area contributed by atoms with Crippen LogP contribution in [0.4, 0.5) is 5.82 Å². The molecule has 0 aliphatic carbocycles. The molecule has 0 amide bonds. The number of hydrogen-bond acceptors (Lipinski definition) is 4. The van der Waals surface area contributed by atoms with Crippen LogP contribution in [0.2, 0.25) is 10.2 Å². The number of aromatic nitrogens is 2. The van der Waals surface area contributed by atoms with Gasteiger partial charge in [0.15, 0.2) is 11.0 Å². The third kappa shape index (κ3) is 1.92. The van der Waals surface area contributed by atoms with Crippen molar-refractivity contribution < 1.29 is 4.55 Å². The first-order valence-electron chi connectivity index (χ1n) is 2.84. The van der Waals surface area contributed by atoms with Gasteiger partial charge < -0.3 is 10.3 Å². The van der Waals surface area contributed by atoms with Gasteiger partial charge in [0, 0.05) is 11.2 Å². The third-order valence-electron chi connectivity index (χ3n) is 1.07. The zero-order valence-corrected chi connectivity index (χ0v) is 8.37. The lowest BCUT2D eigenvalue weighted by Crippen LogP contribution is -2.07. The van der Waals surface area contributed by atoms with E-state index in [1.54, 1.807) is 0 Å². The van der Waals surface area contributed by atoms with Crippen molar-refractivity contribution in [3.8, 4) is 0 Å². The minimum atomic E-state index is -1.30. The molecule has 0 saturated carbocycles. The molecule has 2 N–H and O–H groups in total. The average Bonchev–Trinajstić information content (AvgIpc) is 1.99. The van der Waals surface area contributed by atoms with E-state index in [1.807, 2.05) is 0 Å². The molecule has 0 fully saturated rings. The molecule has 12 heavy (non-hydrogen) atoms. The van der Waals surface area contributed by atoms with Crippen LogP contribution >= 0.6 is 23.2 Å². The summed E-state index contributed by atoms with van der Waals surface area (Å²) in [6.07, 6.45) is 1.43. The summed E-state index contributed by atoms with van der Waals surface area (Å²) in [6, 6.07) is 0. The Balaban J connectivity index is 3.21. The highest BCUT2D eigenvalue weighted by atomic mass is 35.5. The highest BCUT2D eigenvalue weighted by Gasteiger charge is 2.14. The number of halogens is 2. The van der Waals surface area contributed by atoms with E-state index in [-0.39, 0.29) is 21.2 Å². The van der Waals surface area contributed by atoms with Crippen LogP contribution in [0.15, 0.2) is 5.16 Å². The van der Waals surface area contributed by atoms with Crippen LogP contribution in [0, 0.1) is 0 Å². The van der Waals surface area contributed by atoms with E-state index in [1.165, 1.54) is 6.26 Å². The first kappa shape index (κ1) is 9.85. The Bertz CT molecular complexity index is 284. The number of nitrogens with zero attached hydrogens (tertiary/aromatic N) is 2. The molecule has 0 aliphatic rings. The van der Waals surface area contributed by atoms with Crippen LogP contribution in [0.3, 0.4) is 0 Å². The smallest absolute Gasteiger partial charge is 0.345 e. The second kappa shape index (κ2) is 3.66. The van der Waals surface area contributed by atoms with E-state index in [0.29, 0.717) is 0 Å². The Hall–Kier alpha value is -0.230. The fourth-order valence-corrected chi connectivity index (χ4v) is 1.30. The fourth-order valence-electron chi connectivity index (χ4n) is 0.544. The lowest BCUT2D eigenvalue weighted by molar-refractivity contribution is 0.592. The molecule has 0 aliphatic heterocycles. The molecule has 7 heteroatoms. The van der Waals surface area contributed by atoms with Crippen LogP contribution in [0.1, 0.15) is 0 Å². The second-order valence-electron chi connectivity index (χ2n) is 1.95. The Labute approximate surface area is 82.3 Å². The molecular weight excluding hydrogens is 221 g/mol. The summed E-state index contributed by atoms with van der Waals surface area (Å²) >= 11 is 9.84. The Kier molecular flexibility index (Phi) is 3.00. The van der Waals surface area contributed by atoms with Crippen molar-refractivity contribution >= 4 is 40.2 Å². The maximum Gasteiger partial charge on any atom is 0.345 e. The quantitative estimate of drug-likeness (QED) is 0.442. The van der Waals surface area contributed by atoms with Gasteiger partial charge in [-0.3, -0.25) is 0 Å². The number of nitrogen functional groups attached to an aromatic ring is 1. The van der Waals surface area contributed by atoms with Gasteiger partial charge in [0.25, 0.3) is 0 Å². The molecule has 0 bridgehead atoms. The van der Waals surface area contributed by atoms with Crippen LogP contribution in [0.5, 0.6) is 0 Å². The zero-order chi connectivity index (χ0) is 9.30. The van der Waals surface area contributed by atoms with Crippen molar-refractivity contribution in [3.05, 3.63) is 10.2 Å². The van der Waals surface area contributed by atoms with Gasteiger partial charge in [-0.2, -0.15) is 9.97 Å². The molecule has 1 unspecified atom stereocenters. The summed E-state index contributed by atoms with van der Waals surface area (Å²) in [5.74, 6) is 0.0434. The molecule has 0 saturated heterocycles. The van der Waals surface area contributed by atoms with Gasteiger partial charge in [-0.25, -0.2) is 0 Å². The molecule has 1 aromatic heterocycles. The molecule has 66 valence electrons. The second-order valence-corrected chi connectivity index (χ2v) is 3.96. The maximum atomic E-state index is 10.9. The molecular formula is C5H5Cl2N3OS. The Morgan fingerprint density at radius 1 is 1.42 bits per heavy atom. The largest absolute Gasteiger partial charge is 0.609 e. The summed E-state index contributed by atoms with van der Waals surface area (Å²) < 4.78 is 10.9. The van der Waals surface area contributed by atoms with E-state index in [4.69, 9.17) is 28.9 Å². The van der Waals surface area contributed by atoms with Gasteiger partial charge in [0.2, 0.25) is 0 Å². The molecule has 1 heterocycles. The van der Waals surface area contributed by atoms with Gasteiger partial charge in [-0.05, 0) is 0 Å². The summed E-state index contributed by atoms with van der Waals surface area (Å²) in [7, 11) is 0. The highest BCUT2D eigenvalue weighted by Crippen LogP contribution is 2.25. The van der Waals surface area contributed by atoms with Gasteiger partial charge in [0.1, 0.15) is 11.3 Å². The zero-order valence-electron chi connectivity index (χ0n) is 6.04. The summed E-state index contributed by atoms with van der Waals surface area (Å²) in [5.41, 5.74) is 5.36. The van der Waals surface area contributed by atoms with Crippen LogP contribution < -0.4 is 5.73 Å². The fraction of sp³-hybridized carbons (Fsp3) is 0.200. The standard InChI is InChI=1S/C5H5Cl2N3OS/c1-12(11)5-9-3(7)2(6)4(8)10-5/h1H3,(H2,8,9,10). The lowest BCUT2D eigenvalue weighted by atomic mass is 10.6. The van der Waals surface area contributed by atoms with Crippen molar-refractivity contribution in [1.82, 2.24) is 9.97 Å². The Morgan fingerprint density at radius 2 is 2.00 bits per heavy atom. The van der Waals surface area contributed by atoms with Crippen molar-refractivity contribution in [2.75, 3.05) is 12.0 Å². The number of anilines is 1. The minimum absolute atomic E-state index is 0.0226. The summed E-state index contributed by atoms with van der Waals surface area (Å²) in [6.45, 7) is 0. The van der Waals surface area contributed by atoms with Gasteiger partial charge in [0.05, 0.1) is 0 Å². The number of rotatable bonds is 1. The van der Waals surface area contributed by atoms with Gasteiger partial charge in [-0.1, -0.05) is 23.2 Å². The van der Waals surface area contributed by atoms with E-state index in [0.717, 1.165) is 0 Å². The molecule has 0 spiro atoms. The van der Waals surface area contributed by atoms with Crippen molar-refractivity contribution in [3.63, 3.8) is 0 Å². The topological polar surface area (TPSA) is 74.9 Å². The number of nitrogens with two attached hydrogens (primary N) is 1. The highest BCUT2D eigenvalue weighted by molar-refractivity contribution is 7.90. The third-order valence-corrected chi connectivity index (χ3v) is 2.51. The summed E-state index contributed by atoms with van der Waals surface area (Å²) in [4.78, 5) is 7.36. The van der Waals surface area contributed by atoms with Crippen molar-refractivity contribution in [2.45, 2.75) is 5.16 Å². The molecule has 1 aromatic rings. The van der Waals surface area contributed by atoms with Crippen molar-refractivity contribution in [2.24, 2.45) is 0 Å². The molecule has 0 radical (unpaired) electrons. The van der Waals surface area contributed by atoms with Gasteiger partial charge in [-0.15, -0.1) is 0 Å². The normalized spacial score (nSPS) is 13.0. The van der Waals surface area contributed by atoms with E-state index >= 15 is 0 Å². The summed E-state index contributed by atoms with van der Waals surface area (Å²) in [5, 5.41) is 0.196. The van der Waals surface area contributed by atoms with Gasteiger partial charge >= 0.3 is 5.16 Å². The number of hydrogen-bond donors (Lipinski definition) is 1. The van der Waals surface area contributed by atoms with Crippen LogP contribution in [-0.4, -0.2) is 20.8 Å². The lowest BCUT2D eigenvalue weighted by Gasteiger charge is -2.03. The SMILES string of the molecule is C[S+]([O-])c1nc(N)c(Cl)c(Cl)n1. The molecule has 0 aromatic carbocycles. The van der Waals surface area contributed by atoms with Crippen LogP contribution in [0.25, 0.3) is 0 Å². The van der Waals surface area contributed by atoms with E-state index < -0.39 is 11.2 Å². The van der Waals surface area contributed by atoms with E-state index in [2.05, 4.69) is 9.97 Å². The van der Waals surface area contributed by atoms with Crippen molar-refractivity contribution in [1.29, 1.82) is 0 Å². The van der Waals surface area contributed by atoms with Crippen LogP contribution in [-0.2, 0) is 11.2 Å². The molecule has 1 atom stereocenters. The minimum Gasteiger partial charge on any atom is -0.609 e. The predicted molar refractivity (Wildman–Crippen MR) is 48.8 cm³/mol. The molecule has 1 rings (SSSR count). The maximum absolute atomic E-state index is 10.9. The van der Waals surface area contributed by atoms with E-state index in [9.17, 15) is 4.55 Å². The average molecular weight is 226 g/mol. The first-order valence-corrected chi connectivity index (χ1v) is 5.15. The predicted octanol–water partition coefficient (Wildman–Crippen LogP) is 1.10. The molecule has 4 nitrogen and oxygen atoms in total. The Morgan fingerprint density at radius 3 is 2.42 bits per heavy atom.